The molecule has 366 valence electrons. The highest BCUT2D eigenvalue weighted by molar-refractivity contribution is 7.31. The van der Waals surface area contributed by atoms with E-state index in [1.54, 1.807) is 17.4 Å². The number of unbranched alkanes of at least 4 members (excludes halogenated alkanes) is 11. The molecule has 0 aliphatic heterocycles. The molecule has 8 aromatic rings. The van der Waals surface area contributed by atoms with E-state index >= 15 is 4.39 Å². The Morgan fingerprint density at radius 1 is 0.522 bits per heavy atom. The highest BCUT2D eigenvalue weighted by Gasteiger charge is 2.26. The minimum Gasteiger partial charge on any atom is -0.372 e. The molecule has 0 aliphatic rings. The van der Waals surface area contributed by atoms with Gasteiger partial charge in [0.2, 0.25) is 0 Å². The van der Waals surface area contributed by atoms with Crippen LogP contribution in [0, 0.1) is 11.7 Å². The van der Waals surface area contributed by atoms with Crippen LogP contribution in [0.1, 0.15) is 168 Å². The summed E-state index contributed by atoms with van der Waals surface area (Å²) in [4.78, 5) is 17.8. The molecule has 5 nitrogen and oxygen atoms in total. The Bertz CT molecular complexity index is 2820. The number of benzene rings is 3. The second-order valence-electron chi connectivity index (χ2n) is 19.2. The Hall–Kier alpha value is -4.09. The summed E-state index contributed by atoms with van der Waals surface area (Å²) >= 11 is 6.51. The average molecular weight is 1000 g/mol. The SMILES string of the molecule is CCCCCCCCN(CCCCCCCC)c1ccc(-c2cc3sc(-c4c5nsnc5c(-c5ccc(-c6ccc(CCC(CC)CCCC)cc6F)s5)c5nc(CC)c(CC)nc45)cc3s2)cc1. The summed E-state index contributed by atoms with van der Waals surface area (Å²) in [6.45, 7) is 15.7. The van der Waals surface area contributed by atoms with Gasteiger partial charge >= 0.3 is 0 Å². The Kier molecular flexibility index (Phi) is 18.8. The Labute approximate surface area is 428 Å². The van der Waals surface area contributed by atoms with E-state index in [2.05, 4.69) is 101 Å². The molecule has 10 heteroatoms. The highest BCUT2D eigenvalue weighted by atomic mass is 32.1. The highest BCUT2D eigenvalue weighted by Crippen LogP contribution is 2.49. The third kappa shape index (κ3) is 12.3. The van der Waals surface area contributed by atoms with Crippen LogP contribution < -0.4 is 4.90 Å². The summed E-state index contributed by atoms with van der Waals surface area (Å²) < 4.78 is 28.5. The van der Waals surface area contributed by atoms with Crippen molar-refractivity contribution in [3.8, 4) is 41.8 Å². The quantitative estimate of drug-likeness (QED) is 0.0458. The maximum Gasteiger partial charge on any atom is 0.132 e. The zero-order valence-electron chi connectivity index (χ0n) is 42.2. The third-order valence-electron chi connectivity index (χ3n) is 14.2. The first-order chi connectivity index (χ1) is 33.9. The maximum absolute atomic E-state index is 16.0. The zero-order valence-corrected chi connectivity index (χ0v) is 45.5. The largest absolute Gasteiger partial charge is 0.372 e. The van der Waals surface area contributed by atoms with Crippen molar-refractivity contribution < 1.29 is 4.39 Å². The van der Waals surface area contributed by atoms with Crippen LogP contribution >= 0.6 is 45.7 Å². The van der Waals surface area contributed by atoms with Gasteiger partial charge in [-0.3, -0.25) is 0 Å². The zero-order chi connectivity index (χ0) is 48.1. The normalized spacial score (nSPS) is 12.3. The van der Waals surface area contributed by atoms with E-state index in [0.29, 0.717) is 11.5 Å². The second-order valence-corrected chi connectivity index (χ2v) is 23.0. The molecule has 0 saturated heterocycles. The Morgan fingerprint density at radius 2 is 1.09 bits per heavy atom. The fourth-order valence-electron chi connectivity index (χ4n) is 10.0. The number of aryl methyl sites for hydroxylation is 3. The van der Waals surface area contributed by atoms with Crippen LogP contribution in [0.15, 0.2) is 66.7 Å². The van der Waals surface area contributed by atoms with Crippen molar-refractivity contribution >= 4 is 82.9 Å². The topological polar surface area (TPSA) is 54.8 Å². The number of fused-ring (bicyclic) bond motifs is 3. The summed E-state index contributed by atoms with van der Waals surface area (Å²) in [5.41, 5.74) is 11.7. The standard InChI is InChI=1S/C59H74FN5S4/c1-7-13-16-18-20-22-35-65(36-23-21-19-17-14-8-2)43-30-28-42(29-31-43)50-38-51-52(67-50)39-53(68-51)55-57-56(61-46(11-5)47(12-6)62-57)54(58-59(55)64-69-63-58)49-34-33-48(66-49)44-32-27-41(37-45(44)60)26-25-40(10-4)24-15-9-3/h27-34,37-40H,7-26,35-36H2,1-6H3. The number of hydrogen-bond acceptors (Lipinski definition) is 9. The predicted octanol–water partition coefficient (Wildman–Crippen LogP) is 19.6. The minimum atomic E-state index is -0.161. The van der Waals surface area contributed by atoms with Crippen LogP contribution in [0.4, 0.5) is 10.1 Å². The molecule has 0 bridgehead atoms. The first-order valence-electron chi connectivity index (χ1n) is 26.6. The average Bonchev–Trinajstić information content (AvgIpc) is 4.20. The molecule has 0 saturated carbocycles. The molecule has 3 aromatic carbocycles. The smallest absolute Gasteiger partial charge is 0.132 e. The van der Waals surface area contributed by atoms with Gasteiger partial charge in [0.1, 0.15) is 27.9 Å². The number of halogens is 1. The Balaban J connectivity index is 1.07. The van der Waals surface area contributed by atoms with Crippen molar-refractivity contribution in [2.75, 3.05) is 18.0 Å². The lowest BCUT2D eigenvalue weighted by atomic mass is 9.92. The van der Waals surface area contributed by atoms with Gasteiger partial charge < -0.3 is 4.90 Å². The summed E-state index contributed by atoms with van der Waals surface area (Å²) in [5, 5.41) is 0. The van der Waals surface area contributed by atoms with Crippen LogP contribution in [0.25, 0.3) is 73.2 Å². The van der Waals surface area contributed by atoms with Crippen molar-refractivity contribution in [3.05, 3.63) is 89.5 Å². The molecular formula is C59H74FN5S4. The summed E-state index contributed by atoms with van der Waals surface area (Å²) in [6, 6.07) is 24.1. The van der Waals surface area contributed by atoms with Crippen LogP contribution in [-0.2, 0) is 19.3 Å². The maximum atomic E-state index is 16.0. The van der Waals surface area contributed by atoms with E-state index in [0.717, 1.165) is 104 Å². The van der Waals surface area contributed by atoms with E-state index in [1.165, 1.54) is 140 Å². The lowest BCUT2D eigenvalue weighted by molar-refractivity contribution is 0.421. The molecule has 8 rings (SSSR count). The Morgan fingerprint density at radius 3 is 1.68 bits per heavy atom. The van der Waals surface area contributed by atoms with E-state index in [9.17, 15) is 0 Å². The molecular weight excluding hydrogens is 926 g/mol. The number of aromatic nitrogens is 4. The minimum absolute atomic E-state index is 0.161. The van der Waals surface area contributed by atoms with Gasteiger partial charge in [-0.05, 0) is 98.0 Å². The molecule has 0 N–H and O–H groups in total. The molecule has 69 heavy (non-hydrogen) atoms. The number of thiophene rings is 3. The van der Waals surface area contributed by atoms with Crippen molar-refractivity contribution in [3.63, 3.8) is 0 Å². The monoisotopic (exact) mass is 999 g/mol. The lowest BCUT2D eigenvalue weighted by Gasteiger charge is -2.25. The molecule has 5 heterocycles. The second kappa shape index (κ2) is 25.3. The molecule has 0 spiro atoms. The van der Waals surface area contributed by atoms with Crippen LogP contribution in [0.2, 0.25) is 0 Å². The van der Waals surface area contributed by atoms with Crippen molar-refractivity contribution in [2.45, 2.75) is 170 Å². The van der Waals surface area contributed by atoms with Gasteiger partial charge in [-0.2, -0.15) is 8.75 Å². The van der Waals surface area contributed by atoms with Gasteiger partial charge in [-0.25, -0.2) is 14.4 Å². The number of nitrogens with zero attached hydrogens (tertiary/aromatic N) is 5. The van der Waals surface area contributed by atoms with E-state index in [4.69, 9.17) is 18.7 Å². The van der Waals surface area contributed by atoms with Crippen molar-refractivity contribution in [2.24, 2.45) is 5.92 Å². The first kappa shape index (κ1) is 51.3. The van der Waals surface area contributed by atoms with Crippen LogP contribution in [0.3, 0.4) is 0 Å². The molecule has 0 fully saturated rings. The lowest BCUT2D eigenvalue weighted by Crippen LogP contribution is -2.25. The number of anilines is 1. The summed E-state index contributed by atoms with van der Waals surface area (Å²) in [5.74, 6) is 0.537. The van der Waals surface area contributed by atoms with Crippen LogP contribution in [0.5, 0.6) is 0 Å². The number of hydrogen-bond donors (Lipinski definition) is 0. The first-order valence-corrected chi connectivity index (χ1v) is 29.8. The molecule has 5 aromatic heterocycles. The molecule has 1 unspecified atom stereocenters. The van der Waals surface area contributed by atoms with Crippen molar-refractivity contribution in [1.29, 1.82) is 0 Å². The van der Waals surface area contributed by atoms with Gasteiger partial charge in [-0.15, -0.1) is 34.0 Å². The van der Waals surface area contributed by atoms with Gasteiger partial charge in [0.15, 0.2) is 0 Å². The van der Waals surface area contributed by atoms with Crippen LogP contribution in [-0.4, -0.2) is 31.8 Å². The summed E-state index contributed by atoms with van der Waals surface area (Å²) in [7, 11) is 0. The van der Waals surface area contributed by atoms with E-state index in [-0.39, 0.29) is 5.82 Å². The molecule has 0 radical (unpaired) electrons. The van der Waals surface area contributed by atoms with Gasteiger partial charge in [-0.1, -0.05) is 156 Å². The molecule has 0 amide bonds. The van der Waals surface area contributed by atoms with Crippen molar-refractivity contribution in [1.82, 2.24) is 18.7 Å². The molecule has 0 aliphatic carbocycles. The van der Waals surface area contributed by atoms with Gasteiger partial charge in [0, 0.05) is 64.4 Å². The van der Waals surface area contributed by atoms with E-state index < -0.39 is 0 Å². The summed E-state index contributed by atoms with van der Waals surface area (Å²) in [6.07, 6.45) is 24.4. The molecule has 1 atom stereocenters. The number of rotatable bonds is 28. The van der Waals surface area contributed by atoms with Gasteiger partial charge in [0.05, 0.1) is 23.1 Å². The van der Waals surface area contributed by atoms with Gasteiger partial charge in [0.25, 0.3) is 0 Å². The predicted molar refractivity (Wildman–Crippen MR) is 303 cm³/mol. The fraction of sp³-hybridized carbons (Fsp3) is 0.492. The van der Waals surface area contributed by atoms with E-state index in [1.807, 2.05) is 28.7 Å². The third-order valence-corrected chi connectivity index (χ3v) is 18.3. The fourth-order valence-corrected chi connectivity index (χ4v) is 14.1.